The Kier molecular flexibility index (Phi) is 5.61. The van der Waals surface area contributed by atoms with Crippen LogP contribution in [-0.4, -0.2) is 27.9 Å². The standard InChI is InChI=1S/C18H12ClNO4S2/c19-12-2-1-3-13(9-12)20-17(23)15(26-18(20)25)8-11-4-6-14(7-5-11)24-10-16(21)22/h1-9H,10H2,(H,21,22). The Hall–Kier alpha value is -2.35. The topological polar surface area (TPSA) is 66.8 Å². The van der Waals surface area contributed by atoms with Gasteiger partial charge in [-0.3, -0.25) is 9.69 Å². The van der Waals surface area contributed by atoms with E-state index in [1.807, 2.05) is 0 Å². The molecule has 1 N–H and O–H groups in total. The molecule has 0 radical (unpaired) electrons. The Balaban J connectivity index is 1.78. The second-order valence-corrected chi connectivity index (χ2v) is 7.36. The molecule has 0 spiro atoms. The number of hydrogen-bond acceptors (Lipinski definition) is 5. The Morgan fingerprint density at radius 3 is 2.65 bits per heavy atom. The van der Waals surface area contributed by atoms with Crippen molar-refractivity contribution in [2.75, 3.05) is 11.5 Å². The summed E-state index contributed by atoms with van der Waals surface area (Å²) >= 11 is 12.5. The fourth-order valence-electron chi connectivity index (χ4n) is 2.26. The molecule has 1 aliphatic rings. The lowest BCUT2D eigenvalue weighted by Gasteiger charge is -2.14. The van der Waals surface area contributed by atoms with Gasteiger partial charge in [-0.25, -0.2) is 4.79 Å². The number of nitrogens with zero attached hydrogens (tertiary/aromatic N) is 1. The molecule has 1 heterocycles. The number of carboxylic acid groups (broad SMARTS) is 1. The molecule has 8 heteroatoms. The van der Waals surface area contributed by atoms with E-state index < -0.39 is 12.6 Å². The predicted molar refractivity (Wildman–Crippen MR) is 107 cm³/mol. The van der Waals surface area contributed by atoms with Crippen LogP contribution in [0.5, 0.6) is 5.75 Å². The third kappa shape index (κ3) is 4.24. The van der Waals surface area contributed by atoms with Gasteiger partial charge in [-0.05, 0) is 42.0 Å². The molecule has 2 aromatic carbocycles. The molecule has 2 aromatic rings. The highest BCUT2D eigenvalue weighted by Gasteiger charge is 2.33. The number of aliphatic carboxylic acids is 1. The van der Waals surface area contributed by atoms with Gasteiger partial charge in [0.15, 0.2) is 10.9 Å². The molecule has 1 amide bonds. The molecule has 5 nitrogen and oxygen atoms in total. The van der Waals surface area contributed by atoms with E-state index in [0.29, 0.717) is 25.7 Å². The lowest BCUT2D eigenvalue weighted by Crippen LogP contribution is -2.27. The molecule has 132 valence electrons. The van der Waals surface area contributed by atoms with Crippen molar-refractivity contribution in [3.05, 3.63) is 64.0 Å². The predicted octanol–water partition coefficient (Wildman–Crippen LogP) is 4.21. The average Bonchev–Trinajstić information content (AvgIpc) is 2.88. The normalized spacial score (nSPS) is 15.6. The maximum absolute atomic E-state index is 12.7. The van der Waals surface area contributed by atoms with Crippen molar-refractivity contribution in [2.24, 2.45) is 0 Å². The van der Waals surface area contributed by atoms with Crippen molar-refractivity contribution in [1.29, 1.82) is 0 Å². The first-order chi connectivity index (χ1) is 12.4. The van der Waals surface area contributed by atoms with Crippen LogP contribution in [0.25, 0.3) is 6.08 Å². The third-order valence-electron chi connectivity index (χ3n) is 3.40. The van der Waals surface area contributed by atoms with Crippen LogP contribution in [0.1, 0.15) is 5.56 Å². The Morgan fingerprint density at radius 2 is 2.00 bits per heavy atom. The van der Waals surface area contributed by atoms with Gasteiger partial charge in [-0.2, -0.15) is 0 Å². The number of carboxylic acids is 1. The van der Waals surface area contributed by atoms with Crippen molar-refractivity contribution < 1.29 is 19.4 Å². The summed E-state index contributed by atoms with van der Waals surface area (Å²) in [7, 11) is 0. The Morgan fingerprint density at radius 1 is 1.27 bits per heavy atom. The van der Waals surface area contributed by atoms with Gasteiger partial charge in [-0.15, -0.1) is 0 Å². The van der Waals surface area contributed by atoms with Crippen LogP contribution in [0.4, 0.5) is 5.69 Å². The largest absolute Gasteiger partial charge is 0.482 e. The summed E-state index contributed by atoms with van der Waals surface area (Å²) in [4.78, 5) is 25.1. The van der Waals surface area contributed by atoms with Crippen LogP contribution in [0.15, 0.2) is 53.4 Å². The van der Waals surface area contributed by atoms with Gasteiger partial charge in [0.05, 0.1) is 10.6 Å². The maximum atomic E-state index is 12.7. The molecule has 0 aliphatic carbocycles. The molecule has 0 bridgehead atoms. The van der Waals surface area contributed by atoms with E-state index in [1.165, 1.54) is 16.7 Å². The first-order valence-electron chi connectivity index (χ1n) is 7.42. The number of hydrogen-bond donors (Lipinski definition) is 1. The van der Waals surface area contributed by atoms with Crippen LogP contribution < -0.4 is 9.64 Å². The molecule has 0 unspecified atom stereocenters. The van der Waals surface area contributed by atoms with Gasteiger partial charge >= 0.3 is 5.97 Å². The van der Waals surface area contributed by atoms with Crippen LogP contribution in [0.3, 0.4) is 0 Å². The number of rotatable bonds is 5. The quantitative estimate of drug-likeness (QED) is 0.593. The van der Waals surface area contributed by atoms with E-state index in [4.69, 9.17) is 33.7 Å². The lowest BCUT2D eigenvalue weighted by atomic mass is 10.2. The second-order valence-electron chi connectivity index (χ2n) is 5.25. The molecular weight excluding hydrogens is 394 g/mol. The molecular formula is C18H12ClNO4S2. The lowest BCUT2D eigenvalue weighted by molar-refractivity contribution is -0.139. The molecule has 0 aromatic heterocycles. The first-order valence-corrected chi connectivity index (χ1v) is 9.02. The van der Waals surface area contributed by atoms with E-state index in [2.05, 4.69) is 0 Å². The summed E-state index contributed by atoms with van der Waals surface area (Å²) in [6.45, 7) is -0.405. The number of halogens is 1. The minimum atomic E-state index is -1.04. The van der Waals surface area contributed by atoms with Gasteiger partial charge in [0.1, 0.15) is 5.75 Å². The zero-order valence-corrected chi connectivity index (χ0v) is 15.6. The number of thioether (sulfide) groups is 1. The molecule has 1 fully saturated rings. The van der Waals surface area contributed by atoms with Crippen molar-refractivity contribution >= 4 is 63.5 Å². The number of benzene rings is 2. The average molecular weight is 406 g/mol. The second kappa shape index (κ2) is 7.90. The van der Waals surface area contributed by atoms with Crippen molar-refractivity contribution in [3.8, 4) is 5.75 Å². The minimum absolute atomic E-state index is 0.214. The molecule has 0 atom stereocenters. The number of amides is 1. The van der Waals surface area contributed by atoms with Gasteiger partial charge in [0.25, 0.3) is 5.91 Å². The minimum Gasteiger partial charge on any atom is -0.482 e. The highest BCUT2D eigenvalue weighted by molar-refractivity contribution is 8.27. The number of carbonyl (C=O) groups is 2. The van der Waals surface area contributed by atoms with Gasteiger partial charge < -0.3 is 9.84 Å². The number of thiocarbonyl (C=S) groups is 1. The summed E-state index contributed by atoms with van der Waals surface area (Å²) in [5.41, 5.74) is 1.40. The summed E-state index contributed by atoms with van der Waals surface area (Å²) in [5.74, 6) is -0.816. The summed E-state index contributed by atoms with van der Waals surface area (Å²) < 4.78 is 5.52. The summed E-state index contributed by atoms with van der Waals surface area (Å²) in [6.07, 6.45) is 1.73. The van der Waals surface area contributed by atoms with Crippen molar-refractivity contribution in [3.63, 3.8) is 0 Å². The molecule has 3 rings (SSSR count). The highest BCUT2D eigenvalue weighted by Crippen LogP contribution is 2.36. The monoisotopic (exact) mass is 405 g/mol. The third-order valence-corrected chi connectivity index (χ3v) is 4.94. The molecule has 0 saturated carbocycles. The Bertz CT molecular complexity index is 912. The fraction of sp³-hybridized carbons (Fsp3) is 0.0556. The molecule has 26 heavy (non-hydrogen) atoms. The van der Waals surface area contributed by atoms with E-state index in [9.17, 15) is 9.59 Å². The van der Waals surface area contributed by atoms with Crippen LogP contribution >= 0.6 is 35.6 Å². The van der Waals surface area contributed by atoms with E-state index in [1.54, 1.807) is 54.6 Å². The van der Waals surface area contributed by atoms with E-state index in [-0.39, 0.29) is 5.91 Å². The van der Waals surface area contributed by atoms with Crippen molar-refractivity contribution in [1.82, 2.24) is 0 Å². The smallest absolute Gasteiger partial charge is 0.341 e. The number of ether oxygens (including phenoxy) is 1. The number of anilines is 1. The van der Waals surface area contributed by atoms with E-state index >= 15 is 0 Å². The highest BCUT2D eigenvalue weighted by atomic mass is 35.5. The molecule has 1 saturated heterocycles. The van der Waals surface area contributed by atoms with Crippen LogP contribution in [0, 0.1) is 0 Å². The molecule has 1 aliphatic heterocycles. The zero-order chi connectivity index (χ0) is 18.7. The van der Waals surface area contributed by atoms with E-state index in [0.717, 1.165) is 5.56 Å². The Labute approximate surface area is 164 Å². The van der Waals surface area contributed by atoms with Gasteiger partial charge in [0, 0.05) is 5.02 Å². The van der Waals surface area contributed by atoms with Gasteiger partial charge in [-0.1, -0.05) is 53.8 Å². The summed E-state index contributed by atoms with van der Waals surface area (Å²) in [6, 6.07) is 13.7. The maximum Gasteiger partial charge on any atom is 0.341 e. The van der Waals surface area contributed by atoms with Crippen LogP contribution in [0.2, 0.25) is 5.02 Å². The van der Waals surface area contributed by atoms with Crippen molar-refractivity contribution in [2.45, 2.75) is 0 Å². The van der Waals surface area contributed by atoms with Gasteiger partial charge in [0.2, 0.25) is 0 Å². The summed E-state index contributed by atoms with van der Waals surface area (Å²) in [5, 5.41) is 9.13. The zero-order valence-electron chi connectivity index (χ0n) is 13.2. The SMILES string of the molecule is O=C(O)COc1ccc(C=C2SC(=S)N(c3cccc(Cl)c3)C2=O)cc1. The van der Waals surface area contributed by atoms with Crippen LogP contribution in [-0.2, 0) is 9.59 Å². The first kappa shape index (κ1) is 18.4. The fourth-order valence-corrected chi connectivity index (χ4v) is 3.75. The number of carbonyl (C=O) groups excluding carboxylic acids is 1.